The maximum atomic E-state index is 11.9. The van der Waals surface area contributed by atoms with Gasteiger partial charge in [-0.2, -0.15) is 0 Å². The van der Waals surface area contributed by atoms with Crippen LogP contribution in [-0.2, 0) is 10.3 Å². The normalized spacial score (nSPS) is 45.4. The zero-order valence-electron chi connectivity index (χ0n) is 20.7. The van der Waals surface area contributed by atoms with Crippen LogP contribution in [0.4, 0.5) is 0 Å². The van der Waals surface area contributed by atoms with Gasteiger partial charge in [-0.25, -0.2) is 0 Å². The van der Waals surface area contributed by atoms with Crippen LogP contribution in [0.2, 0.25) is 0 Å². The Labute approximate surface area is 199 Å². The highest BCUT2D eigenvalue weighted by molar-refractivity contribution is 5.29. The molecule has 182 valence electrons. The van der Waals surface area contributed by atoms with E-state index in [4.69, 9.17) is 9.15 Å². The number of ether oxygens (including phenoxy) is 1. The minimum Gasteiger partial charge on any atom is -0.472 e. The molecule has 0 bridgehead atoms. The van der Waals surface area contributed by atoms with Crippen molar-refractivity contribution >= 4 is 0 Å². The summed E-state index contributed by atoms with van der Waals surface area (Å²) >= 11 is 0. The van der Waals surface area contributed by atoms with Crippen LogP contribution in [0.1, 0.15) is 83.6 Å². The average Bonchev–Trinajstić information content (AvgIpc) is 3.56. The summed E-state index contributed by atoms with van der Waals surface area (Å²) in [7, 11) is 0. The monoisotopic (exact) mass is 453 g/mol. The van der Waals surface area contributed by atoms with E-state index in [1.54, 1.807) is 18.1 Å². The molecule has 6 rings (SSSR count). The van der Waals surface area contributed by atoms with E-state index in [0.29, 0.717) is 17.4 Å². The lowest BCUT2D eigenvalue weighted by molar-refractivity contribution is -0.133. The highest BCUT2D eigenvalue weighted by atomic mass is 16.5. The van der Waals surface area contributed by atoms with E-state index in [9.17, 15) is 5.11 Å². The number of likely N-dealkylation sites (tertiary alicyclic amines) is 1. The second kappa shape index (κ2) is 8.24. The molecule has 4 fully saturated rings. The Bertz CT molecular complexity index is 873. The maximum Gasteiger partial charge on any atom is 0.0983 e. The number of fused-ring (bicyclic) bond motifs is 5. The van der Waals surface area contributed by atoms with E-state index >= 15 is 0 Å². The number of nitrogens with zero attached hydrogens (tertiary/aromatic N) is 1. The second-order valence-corrected chi connectivity index (χ2v) is 12.4. The SMILES string of the molecule is C[C@]12CCC(OCCN3CCCC3)C=C1CC[C@@H]1[C@H]2CC[C@@]2(C)[C@H]1CCC2(O)c1ccoc1. The van der Waals surface area contributed by atoms with Gasteiger partial charge in [0, 0.05) is 17.5 Å². The first-order valence-electron chi connectivity index (χ1n) is 13.7. The third-order valence-corrected chi connectivity index (χ3v) is 11.2. The smallest absolute Gasteiger partial charge is 0.0983 e. The fraction of sp³-hybridized carbons (Fsp3) is 0.793. The number of rotatable bonds is 5. The van der Waals surface area contributed by atoms with Crippen molar-refractivity contribution in [2.24, 2.45) is 28.6 Å². The van der Waals surface area contributed by atoms with Crippen LogP contribution in [0, 0.1) is 28.6 Å². The van der Waals surface area contributed by atoms with Crippen LogP contribution >= 0.6 is 0 Å². The Morgan fingerprint density at radius 1 is 1.06 bits per heavy atom. The molecule has 1 aliphatic heterocycles. The van der Waals surface area contributed by atoms with Crippen LogP contribution < -0.4 is 0 Å². The molecule has 3 saturated carbocycles. The highest BCUT2D eigenvalue weighted by Crippen LogP contribution is 2.69. The van der Waals surface area contributed by atoms with E-state index < -0.39 is 5.60 Å². The Morgan fingerprint density at radius 2 is 1.88 bits per heavy atom. The zero-order chi connectivity index (χ0) is 22.7. The second-order valence-electron chi connectivity index (χ2n) is 12.4. The quantitative estimate of drug-likeness (QED) is 0.563. The summed E-state index contributed by atoms with van der Waals surface area (Å²) < 4.78 is 11.8. The first-order valence-corrected chi connectivity index (χ1v) is 13.7. The summed E-state index contributed by atoms with van der Waals surface area (Å²) in [5, 5.41) is 11.9. The molecule has 0 radical (unpaired) electrons. The van der Waals surface area contributed by atoms with E-state index in [2.05, 4.69) is 24.8 Å². The number of hydrogen-bond donors (Lipinski definition) is 1. The Kier molecular flexibility index (Phi) is 5.59. The van der Waals surface area contributed by atoms with Gasteiger partial charge in [-0.1, -0.05) is 25.5 Å². The number of furan rings is 1. The first kappa shape index (κ1) is 22.4. The first-order chi connectivity index (χ1) is 15.9. The van der Waals surface area contributed by atoms with Gasteiger partial charge in [0.05, 0.1) is 30.8 Å². The van der Waals surface area contributed by atoms with Gasteiger partial charge in [-0.3, -0.25) is 0 Å². The lowest BCUT2D eigenvalue weighted by Crippen LogP contribution is -2.53. The average molecular weight is 454 g/mol. The molecular weight excluding hydrogens is 410 g/mol. The molecule has 1 saturated heterocycles. The number of allylic oxidation sites excluding steroid dienone is 1. The van der Waals surface area contributed by atoms with Crippen molar-refractivity contribution in [1.29, 1.82) is 0 Å². The van der Waals surface area contributed by atoms with E-state index in [-0.39, 0.29) is 5.41 Å². The molecule has 1 aromatic heterocycles. The Hall–Kier alpha value is -1.10. The number of hydrogen-bond acceptors (Lipinski definition) is 4. The highest BCUT2D eigenvalue weighted by Gasteiger charge is 2.64. The maximum absolute atomic E-state index is 11.9. The van der Waals surface area contributed by atoms with Gasteiger partial charge >= 0.3 is 0 Å². The molecule has 4 nitrogen and oxygen atoms in total. The summed E-state index contributed by atoms with van der Waals surface area (Å²) in [5.41, 5.74) is 2.25. The minimum atomic E-state index is -0.729. The lowest BCUT2D eigenvalue weighted by Gasteiger charge is -2.59. The summed E-state index contributed by atoms with van der Waals surface area (Å²) in [5.74, 6) is 2.11. The van der Waals surface area contributed by atoms with Gasteiger partial charge in [0.15, 0.2) is 0 Å². The number of aliphatic hydroxyl groups is 1. The topological polar surface area (TPSA) is 45.8 Å². The van der Waals surface area contributed by atoms with E-state index in [1.165, 1.54) is 58.0 Å². The van der Waals surface area contributed by atoms with Crippen LogP contribution in [0.3, 0.4) is 0 Å². The lowest BCUT2D eigenvalue weighted by atomic mass is 9.46. The van der Waals surface area contributed by atoms with Gasteiger partial charge in [0.1, 0.15) is 0 Å². The minimum absolute atomic E-state index is 0.0362. The molecule has 7 atom stereocenters. The van der Waals surface area contributed by atoms with Crippen molar-refractivity contribution in [1.82, 2.24) is 4.90 Å². The molecule has 0 spiro atoms. The van der Waals surface area contributed by atoms with Crippen molar-refractivity contribution in [2.75, 3.05) is 26.2 Å². The fourth-order valence-electron chi connectivity index (χ4n) is 9.16. The third kappa shape index (κ3) is 3.42. The summed E-state index contributed by atoms with van der Waals surface area (Å²) in [6.07, 6.45) is 18.4. The van der Waals surface area contributed by atoms with Gasteiger partial charge in [-0.15, -0.1) is 0 Å². The van der Waals surface area contributed by atoms with Crippen LogP contribution in [0.25, 0.3) is 0 Å². The summed E-state index contributed by atoms with van der Waals surface area (Å²) in [4.78, 5) is 2.55. The molecule has 33 heavy (non-hydrogen) atoms. The largest absolute Gasteiger partial charge is 0.472 e. The zero-order valence-corrected chi connectivity index (χ0v) is 20.7. The summed E-state index contributed by atoms with van der Waals surface area (Å²) in [6.45, 7) is 9.44. The van der Waals surface area contributed by atoms with Crippen LogP contribution in [0.5, 0.6) is 0 Å². The van der Waals surface area contributed by atoms with Crippen molar-refractivity contribution in [3.63, 3.8) is 0 Å². The van der Waals surface area contributed by atoms with Gasteiger partial charge in [0.25, 0.3) is 0 Å². The fourth-order valence-corrected chi connectivity index (χ4v) is 9.16. The molecular formula is C29H43NO3. The van der Waals surface area contributed by atoms with Gasteiger partial charge < -0.3 is 19.2 Å². The van der Waals surface area contributed by atoms with E-state index in [1.807, 2.05) is 6.07 Å². The van der Waals surface area contributed by atoms with E-state index in [0.717, 1.165) is 49.8 Å². The van der Waals surface area contributed by atoms with Gasteiger partial charge in [0.2, 0.25) is 0 Å². The van der Waals surface area contributed by atoms with Crippen molar-refractivity contribution in [3.8, 4) is 0 Å². The predicted molar refractivity (Wildman–Crippen MR) is 130 cm³/mol. The molecule has 0 aromatic carbocycles. The Morgan fingerprint density at radius 3 is 2.67 bits per heavy atom. The third-order valence-electron chi connectivity index (χ3n) is 11.2. The summed E-state index contributed by atoms with van der Waals surface area (Å²) in [6, 6.07) is 1.99. The molecule has 2 heterocycles. The standard InChI is InChI=1S/C29H43NO3/c1-27-11-7-23(33-18-16-30-14-3-4-15-30)19-21(27)5-6-24-25(27)8-12-28(2)26(24)9-13-29(28,31)22-10-17-32-20-22/h10,17,19-20,23-26,31H,3-9,11-16,18H2,1-2H3/t23?,24-,25-,26+,27+,28+,29?/m1/s1. The van der Waals surface area contributed by atoms with Crippen molar-refractivity contribution < 1.29 is 14.3 Å². The van der Waals surface area contributed by atoms with Gasteiger partial charge in [-0.05, 0) is 107 Å². The molecule has 1 N–H and O–H groups in total. The predicted octanol–water partition coefficient (Wildman–Crippen LogP) is 5.91. The Balaban J connectivity index is 1.16. The molecule has 4 aliphatic carbocycles. The van der Waals surface area contributed by atoms with Crippen LogP contribution in [0.15, 0.2) is 34.7 Å². The van der Waals surface area contributed by atoms with Crippen LogP contribution in [-0.4, -0.2) is 42.4 Å². The van der Waals surface area contributed by atoms with Crippen molar-refractivity contribution in [2.45, 2.75) is 89.8 Å². The molecule has 2 unspecified atom stereocenters. The molecule has 4 heteroatoms. The molecule has 1 aromatic rings. The molecule has 0 amide bonds. The molecule has 5 aliphatic rings. The van der Waals surface area contributed by atoms with Crippen molar-refractivity contribution in [3.05, 3.63) is 35.8 Å².